The van der Waals surface area contributed by atoms with Crippen molar-refractivity contribution in [1.29, 1.82) is 0 Å². The highest BCUT2D eigenvalue weighted by molar-refractivity contribution is 7.21. The van der Waals surface area contributed by atoms with Crippen molar-refractivity contribution in [2.24, 2.45) is 0 Å². The van der Waals surface area contributed by atoms with E-state index in [2.05, 4.69) is 0 Å². The molecule has 0 aliphatic heterocycles. The van der Waals surface area contributed by atoms with E-state index < -0.39 is 5.82 Å². The van der Waals surface area contributed by atoms with Crippen molar-refractivity contribution in [3.63, 3.8) is 0 Å². The highest BCUT2D eigenvalue weighted by atomic mass is 35.5. The third-order valence-electron chi connectivity index (χ3n) is 3.49. The quantitative estimate of drug-likeness (QED) is 0.612. The van der Waals surface area contributed by atoms with E-state index in [-0.39, 0.29) is 5.78 Å². The molecule has 3 rings (SSSR count). The number of ketones is 1. The molecular formula is C17H12ClFO2S. The number of methoxy groups -OCH3 is 1. The molecule has 2 aromatic carbocycles. The van der Waals surface area contributed by atoms with Gasteiger partial charge in [-0.05, 0) is 42.8 Å². The summed E-state index contributed by atoms with van der Waals surface area (Å²) in [6.45, 7) is 1.77. The van der Waals surface area contributed by atoms with Gasteiger partial charge < -0.3 is 4.74 Å². The third kappa shape index (κ3) is 2.49. The molecule has 1 heterocycles. The minimum absolute atomic E-state index is 0.262. The van der Waals surface area contributed by atoms with Crippen molar-refractivity contribution >= 4 is 38.8 Å². The Bertz CT molecular complexity index is 886. The Hall–Kier alpha value is -1.91. The minimum atomic E-state index is -0.437. The van der Waals surface area contributed by atoms with Crippen LogP contribution in [0.4, 0.5) is 4.39 Å². The topological polar surface area (TPSA) is 26.3 Å². The van der Waals surface area contributed by atoms with Crippen molar-refractivity contribution in [2.75, 3.05) is 7.11 Å². The van der Waals surface area contributed by atoms with Crippen molar-refractivity contribution in [2.45, 2.75) is 6.92 Å². The number of fused-ring (bicyclic) bond motifs is 1. The summed E-state index contributed by atoms with van der Waals surface area (Å²) in [5.41, 5.74) is 1.05. The average Bonchev–Trinajstić information content (AvgIpc) is 2.85. The van der Waals surface area contributed by atoms with Crippen molar-refractivity contribution in [3.8, 4) is 5.75 Å². The summed E-state index contributed by atoms with van der Waals surface area (Å²) in [6, 6.07) is 9.63. The zero-order valence-corrected chi connectivity index (χ0v) is 13.5. The summed E-state index contributed by atoms with van der Waals surface area (Å²) in [5.74, 6) is 0.00127. The van der Waals surface area contributed by atoms with Crippen LogP contribution in [0.15, 0.2) is 36.4 Å². The molecule has 3 aromatic rings. The number of hydrogen-bond donors (Lipinski definition) is 0. The Morgan fingerprint density at radius 3 is 2.73 bits per heavy atom. The number of rotatable bonds is 3. The van der Waals surface area contributed by atoms with Gasteiger partial charge in [0.05, 0.1) is 17.0 Å². The molecule has 0 bridgehead atoms. The Labute approximate surface area is 136 Å². The first-order chi connectivity index (χ1) is 10.5. The molecule has 112 valence electrons. The molecule has 0 amide bonds. The van der Waals surface area contributed by atoms with Crippen LogP contribution < -0.4 is 4.74 Å². The lowest BCUT2D eigenvalue weighted by Crippen LogP contribution is -2.02. The number of benzene rings is 2. The summed E-state index contributed by atoms with van der Waals surface area (Å²) in [4.78, 5) is 13.1. The van der Waals surface area contributed by atoms with E-state index in [1.54, 1.807) is 26.2 Å². The summed E-state index contributed by atoms with van der Waals surface area (Å²) in [7, 11) is 1.58. The lowest BCUT2D eigenvalue weighted by Gasteiger charge is -2.03. The monoisotopic (exact) mass is 334 g/mol. The molecule has 0 saturated carbocycles. The van der Waals surface area contributed by atoms with Gasteiger partial charge in [-0.1, -0.05) is 17.7 Å². The van der Waals surface area contributed by atoms with E-state index in [0.717, 1.165) is 15.6 Å². The third-order valence-corrected chi connectivity index (χ3v) is 5.14. The molecule has 0 aliphatic rings. The number of hydrogen-bond acceptors (Lipinski definition) is 3. The van der Waals surface area contributed by atoms with Crippen molar-refractivity contribution in [3.05, 3.63) is 63.2 Å². The average molecular weight is 335 g/mol. The smallest absolute Gasteiger partial charge is 0.204 e. The fourth-order valence-electron chi connectivity index (χ4n) is 2.28. The van der Waals surface area contributed by atoms with Crippen LogP contribution in [-0.2, 0) is 0 Å². The van der Waals surface area contributed by atoms with Crippen LogP contribution in [0.2, 0.25) is 5.02 Å². The predicted molar refractivity (Wildman–Crippen MR) is 88.0 cm³/mol. The Morgan fingerprint density at radius 2 is 2.00 bits per heavy atom. The summed E-state index contributed by atoms with van der Waals surface area (Å²) >= 11 is 7.63. The number of carbonyl (C=O) groups is 1. The fraction of sp³-hybridized carbons (Fsp3) is 0.118. The zero-order chi connectivity index (χ0) is 15.9. The van der Waals surface area contributed by atoms with E-state index >= 15 is 0 Å². The first-order valence-electron chi connectivity index (χ1n) is 6.58. The molecule has 0 unspecified atom stereocenters. The molecular weight excluding hydrogens is 323 g/mol. The summed E-state index contributed by atoms with van der Waals surface area (Å²) < 4.78 is 19.5. The molecule has 22 heavy (non-hydrogen) atoms. The number of carbonyl (C=O) groups excluding carboxylic acids is 1. The number of thiophene rings is 1. The van der Waals surface area contributed by atoms with Crippen LogP contribution in [0.3, 0.4) is 0 Å². The van der Waals surface area contributed by atoms with Gasteiger partial charge in [0.1, 0.15) is 11.6 Å². The minimum Gasteiger partial charge on any atom is -0.497 e. The predicted octanol–water partition coefficient (Wildman–Crippen LogP) is 5.24. The van der Waals surface area contributed by atoms with E-state index in [1.807, 2.05) is 12.1 Å². The standard InChI is InChI=1S/C17H12ClFO2S/c1-9-3-4-10(19)7-13(9)16(20)17-15(18)12-6-5-11(21-2)8-14(12)22-17/h3-8H,1-2H3. The molecule has 2 nitrogen and oxygen atoms in total. The van der Waals surface area contributed by atoms with Crippen LogP contribution in [0, 0.1) is 12.7 Å². The second-order valence-electron chi connectivity index (χ2n) is 4.90. The van der Waals surface area contributed by atoms with Crippen molar-refractivity contribution in [1.82, 2.24) is 0 Å². The SMILES string of the molecule is COc1ccc2c(Cl)c(C(=O)c3cc(F)ccc3C)sc2c1. The lowest BCUT2D eigenvalue weighted by molar-refractivity contribution is 0.104. The van der Waals surface area contributed by atoms with Crippen LogP contribution in [0.25, 0.3) is 10.1 Å². The van der Waals surface area contributed by atoms with Gasteiger partial charge in [-0.3, -0.25) is 4.79 Å². The van der Waals surface area contributed by atoms with E-state index in [0.29, 0.717) is 21.2 Å². The van der Waals surface area contributed by atoms with Crippen LogP contribution >= 0.6 is 22.9 Å². The molecule has 0 saturated heterocycles. The largest absolute Gasteiger partial charge is 0.497 e. The maximum Gasteiger partial charge on any atom is 0.204 e. The van der Waals surface area contributed by atoms with Crippen LogP contribution in [-0.4, -0.2) is 12.9 Å². The second-order valence-corrected chi connectivity index (χ2v) is 6.33. The first kappa shape index (κ1) is 15.0. The maximum atomic E-state index is 13.4. The molecule has 0 aliphatic carbocycles. The van der Waals surface area contributed by atoms with Crippen LogP contribution in [0.5, 0.6) is 5.75 Å². The van der Waals surface area contributed by atoms with Gasteiger partial charge in [0.25, 0.3) is 0 Å². The van der Waals surface area contributed by atoms with Gasteiger partial charge >= 0.3 is 0 Å². The molecule has 5 heteroatoms. The molecule has 0 atom stereocenters. The number of aryl methyl sites for hydroxylation is 1. The van der Waals surface area contributed by atoms with Gasteiger partial charge in [-0.2, -0.15) is 0 Å². The van der Waals surface area contributed by atoms with E-state index in [1.165, 1.54) is 23.5 Å². The number of ether oxygens (including phenoxy) is 1. The Balaban J connectivity index is 2.15. The van der Waals surface area contributed by atoms with Crippen molar-refractivity contribution < 1.29 is 13.9 Å². The summed E-state index contributed by atoms with van der Waals surface area (Å²) in [6.07, 6.45) is 0. The zero-order valence-electron chi connectivity index (χ0n) is 11.9. The van der Waals surface area contributed by atoms with E-state index in [4.69, 9.17) is 16.3 Å². The van der Waals surface area contributed by atoms with Gasteiger partial charge in [0, 0.05) is 15.6 Å². The highest BCUT2D eigenvalue weighted by Crippen LogP contribution is 2.38. The summed E-state index contributed by atoms with van der Waals surface area (Å²) in [5, 5.41) is 1.20. The molecule has 0 N–H and O–H groups in total. The molecule has 0 radical (unpaired) electrons. The second kappa shape index (κ2) is 5.71. The molecule has 1 aromatic heterocycles. The normalized spacial score (nSPS) is 10.9. The van der Waals surface area contributed by atoms with Gasteiger partial charge in [-0.15, -0.1) is 11.3 Å². The van der Waals surface area contributed by atoms with Gasteiger partial charge in [0.2, 0.25) is 5.78 Å². The molecule has 0 spiro atoms. The highest BCUT2D eigenvalue weighted by Gasteiger charge is 2.20. The Kier molecular flexibility index (Phi) is 3.89. The fourth-order valence-corrected chi connectivity index (χ4v) is 3.78. The van der Waals surface area contributed by atoms with Gasteiger partial charge in [0.15, 0.2) is 0 Å². The Morgan fingerprint density at radius 1 is 1.23 bits per heavy atom. The number of halogens is 2. The molecule has 0 fully saturated rings. The lowest BCUT2D eigenvalue weighted by atomic mass is 10.0. The first-order valence-corrected chi connectivity index (χ1v) is 7.77. The van der Waals surface area contributed by atoms with Crippen LogP contribution in [0.1, 0.15) is 20.8 Å². The van der Waals surface area contributed by atoms with Gasteiger partial charge in [-0.25, -0.2) is 4.39 Å². The maximum absolute atomic E-state index is 13.4. The van der Waals surface area contributed by atoms with E-state index in [9.17, 15) is 9.18 Å².